The van der Waals surface area contributed by atoms with Crippen molar-refractivity contribution < 1.29 is 27.4 Å². The van der Waals surface area contributed by atoms with Crippen LogP contribution < -0.4 is 20.9 Å². The van der Waals surface area contributed by atoms with Crippen LogP contribution in [0.5, 0.6) is 11.5 Å². The molecule has 22 heavy (non-hydrogen) atoms. The van der Waals surface area contributed by atoms with Gasteiger partial charge in [0.1, 0.15) is 0 Å². The fourth-order valence-electron chi connectivity index (χ4n) is 1.57. The monoisotopic (exact) mass is 342 g/mol. The molecular formula is C13H18ClF3N2O3. The minimum absolute atomic E-state index is 0. The summed E-state index contributed by atoms with van der Waals surface area (Å²) in [6, 6.07) is 3.87. The highest BCUT2D eigenvalue weighted by Crippen LogP contribution is 2.33. The molecule has 1 aromatic rings. The molecule has 4 N–H and O–H groups in total. The molecule has 0 aliphatic carbocycles. The summed E-state index contributed by atoms with van der Waals surface area (Å²) < 4.78 is 45.4. The highest BCUT2D eigenvalue weighted by molar-refractivity contribution is 5.85. The average Bonchev–Trinajstić information content (AvgIpc) is 2.26. The van der Waals surface area contributed by atoms with Crippen molar-refractivity contribution in [3.8, 4) is 11.5 Å². The first kappa shape index (κ1) is 20.3. The molecule has 0 aliphatic rings. The third-order valence-electron chi connectivity index (χ3n) is 2.50. The van der Waals surface area contributed by atoms with Crippen LogP contribution in [0.3, 0.4) is 0 Å². The van der Waals surface area contributed by atoms with Crippen molar-refractivity contribution in [2.45, 2.75) is 38.6 Å². The van der Waals surface area contributed by atoms with E-state index in [1.54, 1.807) is 0 Å². The Morgan fingerprint density at radius 2 is 1.82 bits per heavy atom. The van der Waals surface area contributed by atoms with Gasteiger partial charge in [-0.25, -0.2) is 4.79 Å². The van der Waals surface area contributed by atoms with Crippen LogP contribution >= 0.6 is 12.4 Å². The number of primary amides is 1. The molecule has 5 nitrogen and oxygen atoms in total. The fraction of sp³-hybridized carbons (Fsp3) is 0.462. The second-order valence-electron chi connectivity index (χ2n) is 5.24. The van der Waals surface area contributed by atoms with Gasteiger partial charge in [0.25, 0.3) is 0 Å². The van der Waals surface area contributed by atoms with Crippen molar-refractivity contribution >= 4 is 18.5 Å². The van der Waals surface area contributed by atoms with Crippen molar-refractivity contribution in [2.75, 3.05) is 0 Å². The Bertz CT molecular complexity index is 516. The number of ether oxygens (including phenoxy) is 2. The van der Waals surface area contributed by atoms with E-state index >= 15 is 0 Å². The molecular weight excluding hydrogens is 325 g/mol. The first-order chi connectivity index (χ1) is 9.46. The molecule has 0 radical (unpaired) electrons. The number of alkyl halides is 3. The third-order valence-corrected chi connectivity index (χ3v) is 2.50. The summed E-state index contributed by atoms with van der Waals surface area (Å²) in [4.78, 5) is 10.7. The molecule has 0 aliphatic heterocycles. The van der Waals surface area contributed by atoms with E-state index in [1.807, 2.05) is 13.8 Å². The van der Waals surface area contributed by atoms with E-state index in [0.29, 0.717) is 18.4 Å². The van der Waals surface area contributed by atoms with E-state index < -0.39 is 29.5 Å². The van der Waals surface area contributed by atoms with Gasteiger partial charge < -0.3 is 20.9 Å². The minimum Gasteiger partial charge on any atom is -0.407 e. The summed E-state index contributed by atoms with van der Waals surface area (Å²) in [6.45, 7) is 3.62. The van der Waals surface area contributed by atoms with E-state index in [0.717, 1.165) is 6.07 Å². The highest BCUT2D eigenvalue weighted by atomic mass is 35.5. The van der Waals surface area contributed by atoms with Crippen LogP contribution in [-0.2, 0) is 6.42 Å². The topological polar surface area (TPSA) is 87.6 Å². The zero-order valence-electron chi connectivity index (χ0n) is 12.1. The van der Waals surface area contributed by atoms with Crippen LogP contribution in [0.25, 0.3) is 0 Å². The molecule has 1 amide bonds. The molecule has 0 spiro atoms. The molecule has 0 aromatic heterocycles. The minimum atomic E-state index is -4.90. The van der Waals surface area contributed by atoms with E-state index in [1.165, 1.54) is 12.1 Å². The Morgan fingerprint density at radius 3 is 2.27 bits per heavy atom. The lowest BCUT2D eigenvalue weighted by Crippen LogP contribution is -2.32. The molecule has 0 fully saturated rings. The highest BCUT2D eigenvalue weighted by Gasteiger charge is 2.33. The van der Waals surface area contributed by atoms with Gasteiger partial charge in [-0.2, -0.15) is 0 Å². The molecule has 0 unspecified atom stereocenters. The molecule has 1 rings (SSSR count). The summed E-state index contributed by atoms with van der Waals surface area (Å²) in [5.74, 6) is -1.01. The summed E-state index contributed by atoms with van der Waals surface area (Å²) >= 11 is 0. The van der Waals surface area contributed by atoms with Crippen molar-refractivity contribution in [3.63, 3.8) is 0 Å². The van der Waals surface area contributed by atoms with Crippen molar-refractivity contribution in [3.05, 3.63) is 23.8 Å². The van der Waals surface area contributed by atoms with Crippen LogP contribution in [0.4, 0.5) is 18.0 Å². The first-order valence-electron chi connectivity index (χ1n) is 6.11. The molecule has 0 saturated heterocycles. The van der Waals surface area contributed by atoms with Gasteiger partial charge in [0.2, 0.25) is 0 Å². The molecule has 0 heterocycles. The lowest BCUT2D eigenvalue weighted by molar-refractivity contribution is -0.275. The Balaban J connectivity index is 0.00000441. The molecule has 0 bridgehead atoms. The largest absolute Gasteiger partial charge is 0.573 e. The van der Waals surface area contributed by atoms with Gasteiger partial charge in [-0.1, -0.05) is 6.07 Å². The summed E-state index contributed by atoms with van der Waals surface area (Å²) in [7, 11) is 0. The van der Waals surface area contributed by atoms with Crippen LogP contribution in [0, 0.1) is 0 Å². The zero-order chi connectivity index (χ0) is 16.3. The van der Waals surface area contributed by atoms with Crippen molar-refractivity contribution in [1.29, 1.82) is 0 Å². The third kappa shape index (κ3) is 7.94. The average molecular weight is 343 g/mol. The Labute approximate surface area is 132 Å². The molecule has 9 heteroatoms. The molecule has 0 saturated carbocycles. The number of hydrogen-bond donors (Lipinski definition) is 2. The lowest BCUT2D eigenvalue weighted by Gasteiger charge is -2.19. The second kappa shape index (κ2) is 7.55. The van der Waals surface area contributed by atoms with Crippen LogP contribution in [0.1, 0.15) is 25.8 Å². The summed E-state index contributed by atoms with van der Waals surface area (Å²) in [5.41, 5.74) is 10.7. The number of hydrogen-bond acceptors (Lipinski definition) is 4. The number of amides is 1. The van der Waals surface area contributed by atoms with Gasteiger partial charge in [0.05, 0.1) is 0 Å². The maximum atomic E-state index is 12.4. The number of aryl methyl sites for hydroxylation is 1. The zero-order valence-corrected chi connectivity index (χ0v) is 12.9. The number of rotatable bonds is 5. The van der Waals surface area contributed by atoms with Crippen molar-refractivity contribution in [1.82, 2.24) is 0 Å². The van der Waals surface area contributed by atoms with Crippen LogP contribution in [-0.4, -0.2) is 18.0 Å². The smallest absolute Gasteiger partial charge is 0.407 e. The lowest BCUT2D eigenvalue weighted by atomic mass is 9.96. The maximum absolute atomic E-state index is 12.4. The summed E-state index contributed by atoms with van der Waals surface area (Å²) in [5, 5.41) is 0. The van der Waals surface area contributed by atoms with Crippen molar-refractivity contribution in [2.24, 2.45) is 11.5 Å². The normalized spacial score (nSPS) is 11.5. The van der Waals surface area contributed by atoms with E-state index in [-0.39, 0.29) is 12.4 Å². The first-order valence-corrected chi connectivity index (χ1v) is 6.11. The Hall–Kier alpha value is -1.67. The summed E-state index contributed by atoms with van der Waals surface area (Å²) in [6.07, 6.45) is -5.11. The fourth-order valence-corrected chi connectivity index (χ4v) is 1.57. The molecule has 126 valence electrons. The van der Waals surface area contributed by atoms with E-state index in [4.69, 9.17) is 11.5 Å². The predicted molar refractivity (Wildman–Crippen MR) is 77.2 cm³/mol. The van der Waals surface area contributed by atoms with Gasteiger partial charge >= 0.3 is 12.5 Å². The number of halogens is 4. The standard InChI is InChI=1S/C13H17F3N2O3.ClH/c1-12(2,18)6-5-8-3-4-9(20-11(17)19)10(7-8)21-13(14,15)16;/h3-4,7H,5-6,18H2,1-2H3,(H2,17,19);1H. The van der Waals surface area contributed by atoms with Gasteiger partial charge in [0.15, 0.2) is 11.5 Å². The van der Waals surface area contributed by atoms with Gasteiger partial charge in [-0.3, -0.25) is 0 Å². The predicted octanol–water partition coefficient (Wildman–Crippen LogP) is 3.13. The number of carbonyl (C=O) groups excluding carboxylic acids is 1. The van der Waals surface area contributed by atoms with Gasteiger partial charge in [0, 0.05) is 5.54 Å². The van der Waals surface area contributed by atoms with Gasteiger partial charge in [-0.15, -0.1) is 25.6 Å². The number of benzene rings is 1. The second-order valence-corrected chi connectivity index (χ2v) is 5.24. The Kier molecular flexibility index (Phi) is 6.98. The SMILES string of the molecule is CC(C)(N)CCc1ccc(OC(N)=O)c(OC(F)(F)F)c1.Cl. The quantitative estimate of drug-likeness (QED) is 0.860. The molecule has 0 atom stereocenters. The molecule has 1 aromatic carbocycles. The van der Waals surface area contributed by atoms with Crippen LogP contribution in [0.15, 0.2) is 18.2 Å². The van der Waals surface area contributed by atoms with E-state index in [2.05, 4.69) is 9.47 Å². The van der Waals surface area contributed by atoms with Gasteiger partial charge in [-0.05, 0) is 44.4 Å². The number of nitrogens with two attached hydrogens (primary N) is 2. The maximum Gasteiger partial charge on any atom is 0.573 e. The van der Waals surface area contributed by atoms with E-state index in [9.17, 15) is 18.0 Å². The number of carbonyl (C=O) groups is 1. The Morgan fingerprint density at radius 1 is 1.23 bits per heavy atom. The van der Waals surface area contributed by atoms with Crippen LogP contribution in [0.2, 0.25) is 0 Å².